The maximum atomic E-state index is 9.78. The van der Waals surface area contributed by atoms with E-state index in [9.17, 15) is 15.3 Å². The number of ether oxygens (including phenoxy) is 2. The van der Waals surface area contributed by atoms with Crippen molar-refractivity contribution < 1.29 is 29.9 Å². The highest BCUT2D eigenvalue weighted by Crippen LogP contribution is 2.25. The van der Waals surface area contributed by atoms with Crippen molar-refractivity contribution in [1.29, 1.82) is 0 Å². The van der Waals surface area contributed by atoms with E-state index in [0.717, 1.165) is 0 Å². The van der Waals surface area contributed by atoms with Gasteiger partial charge in [-0.15, -0.1) is 0 Å². The Morgan fingerprint density at radius 3 is 2.53 bits per heavy atom. The molecule has 1 saturated heterocycles. The average Bonchev–Trinajstić information content (AvgIpc) is 2.39. The van der Waals surface area contributed by atoms with Crippen LogP contribution in [0.15, 0.2) is 24.3 Å². The summed E-state index contributed by atoms with van der Waals surface area (Å²) in [6, 6.07) is 6.43. The van der Waals surface area contributed by atoms with Gasteiger partial charge >= 0.3 is 0 Å². The average molecular weight is 291 g/mol. The van der Waals surface area contributed by atoms with Crippen molar-refractivity contribution in [2.45, 2.75) is 30.7 Å². The number of rotatable bonds is 3. The highest BCUT2D eigenvalue weighted by atomic mass is 35.5. The molecule has 1 aromatic rings. The van der Waals surface area contributed by atoms with Crippen molar-refractivity contribution in [3.8, 4) is 5.75 Å². The third kappa shape index (κ3) is 3.17. The van der Waals surface area contributed by atoms with Crippen LogP contribution in [-0.2, 0) is 4.74 Å². The normalized spacial score (nSPS) is 35.1. The molecule has 1 heterocycles. The van der Waals surface area contributed by atoms with Gasteiger partial charge in [-0.25, -0.2) is 0 Å². The van der Waals surface area contributed by atoms with E-state index in [1.54, 1.807) is 18.2 Å². The molecule has 7 heteroatoms. The number of benzene rings is 1. The summed E-state index contributed by atoms with van der Waals surface area (Å²) >= 11 is 5.79. The highest BCUT2D eigenvalue weighted by molar-refractivity contribution is 6.30. The summed E-state index contributed by atoms with van der Waals surface area (Å²) < 4.78 is 10.6. The summed E-state index contributed by atoms with van der Waals surface area (Å²) in [5.41, 5.74) is 0. The summed E-state index contributed by atoms with van der Waals surface area (Å²) in [5, 5.41) is 38.5. The predicted molar refractivity (Wildman–Crippen MR) is 65.8 cm³/mol. The van der Waals surface area contributed by atoms with Gasteiger partial charge in [-0.3, -0.25) is 0 Å². The van der Waals surface area contributed by atoms with E-state index >= 15 is 0 Å². The maximum Gasteiger partial charge on any atom is 0.229 e. The molecule has 0 unspecified atom stereocenters. The predicted octanol–water partition coefficient (Wildman–Crippen LogP) is -0.481. The van der Waals surface area contributed by atoms with Crippen LogP contribution in [0.4, 0.5) is 0 Å². The van der Waals surface area contributed by atoms with Crippen LogP contribution in [0.5, 0.6) is 5.75 Å². The van der Waals surface area contributed by atoms with Gasteiger partial charge in [0, 0.05) is 5.02 Å². The lowest BCUT2D eigenvalue weighted by Crippen LogP contribution is -2.60. The van der Waals surface area contributed by atoms with Gasteiger partial charge in [0.05, 0.1) is 6.61 Å². The monoisotopic (exact) mass is 290 g/mol. The van der Waals surface area contributed by atoms with E-state index in [0.29, 0.717) is 10.8 Å². The van der Waals surface area contributed by atoms with Gasteiger partial charge in [-0.1, -0.05) is 17.7 Å². The van der Waals surface area contributed by atoms with Crippen molar-refractivity contribution in [1.82, 2.24) is 0 Å². The van der Waals surface area contributed by atoms with E-state index < -0.39 is 37.3 Å². The molecule has 0 aromatic heterocycles. The molecule has 5 atom stereocenters. The first-order valence-corrected chi connectivity index (χ1v) is 6.13. The minimum absolute atomic E-state index is 0.344. The minimum Gasteiger partial charge on any atom is -0.462 e. The Morgan fingerprint density at radius 2 is 1.89 bits per heavy atom. The summed E-state index contributed by atoms with van der Waals surface area (Å²) in [7, 11) is 0. The number of aliphatic hydroxyl groups excluding tert-OH is 4. The van der Waals surface area contributed by atoms with Crippen LogP contribution in [0.3, 0.4) is 0 Å². The van der Waals surface area contributed by atoms with Crippen molar-refractivity contribution in [2.75, 3.05) is 6.61 Å². The zero-order valence-corrected chi connectivity index (χ0v) is 10.6. The Bertz CT molecular complexity index is 426. The molecular weight excluding hydrogens is 276 g/mol. The Morgan fingerprint density at radius 1 is 1.16 bits per heavy atom. The van der Waals surface area contributed by atoms with Crippen molar-refractivity contribution in [3.63, 3.8) is 0 Å². The molecule has 0 bridgehead atoms. The van der Waals surface area contributed by atoms with Crippen LogP contribution in [0.1, 0.15) is 0 Å². The molecule has 19 heavy (non-hydrogen) atoms. The summed E-state index contributed by atoms with van der Waals surface area (Å²) in [6.45, 7) is -0.500. The quantitative estimate of drug-likeness (QED) is 0.600. The van der Waals surface area contributed by atoms with E-state index in [-0.39, 0.29) is 0 Å². The Labute approximate surface area is 114 Å². The fourth-order valence-electron chi connectivity index (χ4n) is 1.84. The second kappa shape index (κ2) is 6.04. The molecule has 2 rings (SSSR count). The van der Waals surface area contributed by atoms with Crippen molar-refractivity contribution >= 4 is 11.6 Å². The van der Waals surface area contributed by atoms with Crippen LogP contribution in [0.25, 0.3) is 0 Å². The molecule has 0 amide bonds. The SMILES string of the molecule is OC[C@H]1O[C@H](Oc2cccc(Cl)c2)[C@@H](O)[C@H](O)[C@H]1O. The lowest BCUT2D eigenvalue weighted by Gasteiger charge is -2.39. The summed E-state index contributed by atoms with van der Waals surface area (Å²) in [5.74, 6) is 0.344. The van der Waals surface area contributed by atoms with Crippen LogP contribution in [-0.4, -0.2) is 57.7 Å². The Hall–Kier alpha value is -0.890. The van der Waals surface area contributed by atoms with Gasteiger partial charge < -0.3 is 29.9 Å². The van der Waals surface area contributed by atoms with Gasteiger partial charge in [0.1, 0.15) is 30.2 Å². The molecule has 1 aliphatic rings. The molecule has 0 radical (unpaired) electrons. The molecule has 0 aliphatic carbocycles. The maximum absolute atomic E-state index is 9.78. The molecule has 106 valence electrons. The van der Waals surface area contributed by atoms with Crippen LogP contribution in [0.2, 0.25) is 5.02 Å². The van der Waals surface area contributed by atoms with Gasteiger partial charge in [-0.2, -0.15) is 0 Å². The van der Waals surface area contributed by atoms with E-state index in [1.165, 1.54) is 6.07 Å². The highest BCUT2D eigenvalue weighted by Gasteiger charge is 2.44. The van der Waals surface area contributed by atoms with Crippen LogP contribution in [0, 0.1) is 0 Å². The second-order valence-corrected chi connectivity index (χ2v) is 4.71. The smallest absolute Gasteiger partial charge is 0.229 e. The van der Waals surface area contributed by atoms with E-state index in [2.05, 4.69) is 0 Å². The van der Waals surface area contributed by atoms with Crippen molar-refractivity contribution in [3.05, 3.63) is 29.3 Å². The molecule has 1 aromatic carbocycles. The third-order valence-corrected chi connectivity index (χ3v) is 3.13. The molecule has 6 nitrogen and oxygen atoms in total. The fraction of sp³-hybridized carbons (Fsp3) is 0.500. The fourth-order valence-corrected chi connectivity index (χ4v) is 2.02. The molecular formula is C12H15ClO6. The van der Waals surface area contributed by atoms with Gasteiger partial charge in [-0.05, 0) is 18.2 Å². The van der Waals surface area contributed by atoms with Gasteiger partial charge in [0.25, 0.3) is 0 Å². The Balaban J connectivity index is 2.10. The zero-order valence-electron chi connectivity index (χ0n) is 9.89. The lowest BCUT2D eigenvalue weighted by molar-refractivity contribution is -0.277. The van der Waals surface area contributed by atoms with E-state index in [1.807, 2.05) is 0 Å². The molecule has 1 aliphatic heterocycles. The summed E-state index contributed by atoms with van der Waals surface area (Å²) in [4.78, 5) is 0. The Kier molecular flexibility index (Phi) is 4.62. The number of hydrogen-bond donors (Lipinski definition) is 4. The lowest BCUT2D eigenvalue weighted by atomic mass is 9.99. The summed E-state index contributed by atoms with van der Waals surface area (Å²) in [6.07, 6.45) is -6.50. The first kappa shape index (κ1) is 14.5. The molecule has 0 spiro atoms. The van der Waals surface area contributed by atoms with E-state index in [4.69, 9.17) is 26.2 Å². The largest absolute Gasteiger partial charge is 0.462 e. The minimum atomic E-state index is -1.46. The number of halogens is 1. The van der Waals surface area contributed by atoms with Crippen LogP contribution < -0.4 is 4.74 Å². The topological polar surface area (TPSA) is 99.4 Å². The zero-order chi connectivity index (χ0) is 14.0. The van der Waals surface area contributed by atoms with Gasteiger partial charge in [0.15, 0.2) is 0 Å². The third-order valence-electron chi connectivity index (χ3n) is 2.90. The molecule has 4 N–H and O–H groups in total. The first-order valence-electron chi connectivity index (χ1n) is 5.75. The first-order chi connectivity index (χ1) is 9.02. The number of hydrogen-bond acceptors (Lipinski definition) is 6. The standard InChI is InChI=1S/C12H15ClO6/c13-6-2-1-3-7(4-6)18-12-11(17)10(16)9(15)8(5-14)19-12/h1-4,8-12,14-17H,5H2/t8-,9+,10-,11+,12+/m1/s1. The molecule has 1 fully saturated rings. The second-order valence-electron chi connectivity index (χ2n) is 4.27. The van der Waals surface area contributed by atoms with Crippen molar-refractivity contribution in [2.24, 2.45) is 0 Å². The molecule has 0 saturated carbocycles. The van der Waals surface area contributed by atoms with Gasteiger partial charge in [0.2, 0.25) is 6.29 Å². The van der Waals surface area contributed by atoms with Crippen LogP contribution >= 0.6 is 11.6 Å². The number of aliphatic hydroxyl groups is 4.